The van der Waals surface area contributed by atoms with Gasteiger partial charge in [0, 0.05) is 140 Å². The monoisotopic (exact) mass is 1630 g/mol. The molecule has 3 spiro atoms. The number of anilines is 5. The fraction of sp³-hybridized carbons (Fsp3) is 0.448. The number of aryl methyl sites for hydroxylation is 7. The molecule has 31 nitrogen and oxygen atoms in total. The van der Waals surface area contributed by atoms with Gasteiger partial charge < -0.3 is 35.0 Å². The first-order chi connectivity index (χ1) is 57.9. The summed E-state index contributed by atoms with van der Waals surface area (Å²) in [6, 6.07) is 22.9. The van der Waals surface area contributed by atoms with Gasteiger partial charge in [-0.3, -0.25) is 29.7 Å². The zero-order valence-corrected chi connectivity index (χ0v) is 69.6. The van der Waals surface area contributed by atoms with Crippen molar-refractivity contribution in [2.45, 2.75) is 201 Å². The van der Waals surface area contributed by atoms with E-state index >= 15 is 0 Å². The highest BCUT2D eigenvalue weighted by atomic mass is 19.1. The van der Waals surface area contributed by atoms with Gasteiger partial charge >= 0.3 is 0 Å². The smallest absolute Gasteiger partial charge is 0.255 e. The van der Waals surface area contributed by atoms with Crippen LogP contribution in [0.4, 0.5) is 38.0 Å². The summed E-state index contributed by atoms with van der Waals surface area (Å²) < 4.78 is 37.5. The lowest BCUT2D eigenvalue weighted by atomic mass is 9.65. The summed E-state index contributed by atoms with van der Waals surface area (Å²) in [5, 5.41) is 40.5. The second-order valence-electron chi connectivity index (χ2n) is 33.3. The van der Waals surface area contributed by atoms with Crippen LogP contribution in [0.15, 0.2) is 129 Å². The van der Waals surface area contributed by atoms with Gasteiger partial charge in [0.15, 0.2) is 40.7 Å². The summed E-state index contributed by atoms with van der Waals surface area (Å²) in [7, 11) is 0. The third kappa shape index (κ3) is 17.8. The molecular weight excluding hydrogens is 1530 g/mol. The number of carbonyl (C=O) groups excluding carboxylic acids is 3. The number of H-pyrrole nitrogens is 3. The Labute approximate surface area is 694 Å². The Kier molecular flexibility index (Phi) is 23.4. The van der Waals surface area contributed by atoms with Crippen molar-refractivity contribution in [3.63, 3.8) is 0 Å². The number of pyridine rings is 3. The van der Waals surface area contributed by atoms with E-state index in [1.165, 1.54) is 21.8 Å². The number of halogens is 2. The Morgan fingerprint density at radius 2 is 0.900 bits per heavy atom. The van der Waals surface area contributed by atoms with E-state index in [1.54, 1.807) is 23.1 Å². The molecule has 3 atom stereocenters. The quantitative estimate of drug-likeness (QED) is 0.0533. The SMILES string of the molecule is Cc1cc(Nc2cc(C)[nH]n2)nc(C2CCC3(CC2)OCCN(C(C)c2ccc(-n4cc(F)cn4)nc2)C3=O)n1.Cc1cc(Nc2cc(C)[nH]n2)nc(C2CCC3(CCCN(C(C)c4ccc(-n5cc(F)cn5)nc4)C3=O)CC2)n1.Cc1cnn(-c2ccc(C(C)N3CCCC4(CCN(c5nc(C)cc(Cc6cc(C)[nH]n6)n5)CC4)C3=O)cn2)c1. The maximum absolute atomic E-state index is 14.0. The van der Waals surface area contributed by atoms with E-state index in [-0.39, 0.29) is 58.5 Å². The second-order valence-corrected chi connectivity index (χ2v) is 33.3. The number of ether oxygens (including phenoxy) is 1. The van der Waals surface area contributed by atoms with Crippen LogP contribution in [0.25, 0.3) is 17.5 Å². The summed E-state index contributed by atoms with van der Waals surface area (Å²) in [6.45, 7) is 24.1. The molecule has 0 bridgehead atoms. The molecule has 12 aromatic rings. The van der Waals surface area contributed by atoms with E-state index in [0.29, 0.717) is 55.7 Å². The van der Waals surface area contributed by atoms with Crippen molar-refractivity contribution < 1.29 is 27.9 Å². The van der Waals surface area contributed by atoms with Crippen molar-refractivity contribution in [2.75, 3.05) is 54.9 Å². The second kappa shape index (κ2) is 34.5. The summed E-state index contributed by atoms with van der Waals surface area (Å²) in [6.07, 6.45) is 26.3. The molecule has 12 aromatic heterocycles. The predicted octanol–water partition coefficient (Wildman–Crippen LogP) is 13.9. The van der Waals surface area contributed by atoms with Gasteiger partial charge in [0.1, 0.15) is 28.9 Å². The van der Waals surface area contributed by atoms with E-state index in [4.69, 9.17) is 34.6 Å². The molecule has 6 aliphatic rings. The topological polar surface area (TPSA) is 353 Å². The number of likely N-dealkylation sites (tertiary alicyclic amines) is 2. The lowest BCUT2D eigenvalue weighted by molar-refractivity contribution is -0.181. The third-order valence-electron chi connectivity index (χ3n) is 24.7. The number of nitrogens with one attached hydrogen (secondary N) is 5. The minimum atomic E-state index is -0.833. The van der Waals surface area contributed by atoms with Crippen molar-refractivity contribution in [1.82, 2.24) is 119 Å². The van der Waals surface area contributed by atoms with Gasteiger partial charge in [0.05, 0.1) is 72.5 Å². The van der Waals surface area contributed by atoms with Crippen LogP contribution in [-0.2, 0) is 25.5 Å². The summed E-state index contributed by atoms with van der Waals surface area (Å²) >= 11 is 0. The fourth-order valence-electron chi connectivity index (χ4n) is 18.0. The maximum Gasteiger partial charge on any atom is 0.255 e. The summed E-state index contributed by atoms with van der Waals surface area (Å²) in [5.41, 5.74) is 10.2. The average molecular weight is 1630 g/mol. The molecule has 18 rings (SSSR count). The summed E-state index contributed by atoms with van der Waals surface area (Å²) in [5.74, 6) is 7.13. The molecule has 33 heteroatoms. The molecule has 16 heterocycles. The Bertz CT molecular complexity index is 5050. The van der Waals surface area contributed by atoms with Gasteiger partial charge in [-0.05, 0) is 212 Å². The number of morpholine rings is 1. The molecule has 4 saturated heterocycles. The Morgan fingerprint density at radius 3 is 1.33 bits per heavy atom. The third-order valence-corrected chi connectivity index (χ3v) is 24.7. The largest absolute Gasteiger partial charge is 0.363 e. The number of carbonyl (C=O) groups is 3. The molecule has 5 N–H and O–H groups in total. The van der Waals surface area contributed by atoms with E-state index in [0.717, 1.165) is 218 Å². The van der Waals surface area contributed by atoms with Crippen LogP contribution in [0.2, 0.25) is 0 Å². The number of rotatable bonds is 18. The van der Waals surface area contributed by atoms with Gasteiger partial charge in [-0.15, -0.1) is 0 Å². The standard InChI is InChI=1S/C30H37N9O.C29H34FN9O.C28H32FN9O2/c1-20-17-32-39(19-20)27-7-6-24(18-31-27)23(4)38-11-5-8-30(28(38)40)9-12-37(13-10-30)29-33-21(2)14-25(34-29)16-26-15-22(3)35-36-26;1-18-13-24(34-25-14-19(2)36-37-25)35-27(33-18)21-7-10-29(11-8-21)9-4-12-38(28(29)40)20(3)22-5-6-26(31-15-22)39-17-23(30)16-32-39;1-17-12-23(33-24-13-18(2)35-36-24)34-26(32-17)20-6-8-28(9-7-20)27(39)37(10-11-40-28)19(3)21-4-5-25(30-14-21)38-16-22(29)15-31-38/h6-7,14-15,17-19,23H,5,8-13,16H2,1-4H3,(H,35,36);5-6,13-17,20-21H,4,7-12H2,1-3H3,(H2,33,34,35,36,37);4-5,12-16,19-20H,6-11H2,1-3H3,(H2,32,33,34,35,36). The molecule has 2 saturated carbocycles. The van der Waals surface area contributed by atoms with E-state index in [1.807, 2.05) is 144 Å². The minimum absolute atomic E-state index is 0.0179. The van der Waals surface area contributed by atoms with Crippen LogP contribution in [0.3, 0.4) is 0 Å². The number of amides is 3. The first-order valence-corrected chi connectivity index (χ1v) is 41.7. The molecule has 6 fully saturated rings. The van der Waals surface area contributed by atoms with Crippen molar-refractivity contribution in [1.29, 1.82) is 0 Å². The van der Waals surface area contributed by atoms with Crippen LogP contribution in [-0.4, -0.2) is 182 Å². The van der Waals surface area contributed by atoms with Crippen molar-refractivity contribution in [3.8, 4) is 17.5 Å². The average Bonchev–Trinajstić information content (AvgIpc) is 1.03. The summed E-state index contributed by atoms with van der Waals surface area (Å²) in [4.78, 5) is 92.3. The van der Waals surface area contributed by atoms with Gasteiger partial charge in [0.25, 0.3) is 5.91 Å². The molecule has 0 aromatic carbocycles. The zero-order chi connectivity index (χ0) is 83.6. The Morgan fingerprint density at radius 1 is 0.450 bits per heavy atom. The lowest BCUT2D eigenvalue weighted by Gasteiger charge is -2.48. The number of hydrogen-bond acceptors (Lipinski definition) is 22. The van der Waals surface area contributed by atoms with Gasteiger partial charge in [-0.1, -0.05) is 18.2 Å². The highest BCUT2D eigenvalue weighted by Crippen LogP contribution is 2.51. The molecule has 3 amide bonds. The van der Waals surface area contributed by atoms with E-state index in [2.05, 4.69) is 101 Å². The molecule has 0 radical (unpaired) electrons. The van der Waals surface area contributed by atoms with Crippen LogP contribution in [0.1, 0.15) is 220 Å². The molecule has 624 valence electrons. The Hall–Kier alpha value is -12.4. The van der Waals surface area contributed by atoms with Gasteiger partial charge in [0.2, 0.25) is 17.8 Å². The van der Waals surface area contributed by atoms with Crippen LogP contribution >= 0.6 is 0 Å². The van der Waals surface area contributed by atoms with Crippen molar-refractivity contribution >= 4 is 46.9 Å². The van der Waals surface area contributed by atoms with Crippen LogP contribution in [0, 0.1) is 70.9 Å². The number of hydrogen-bond donors (Lipinski definition) is 5. The molecule has 2 aliphatic carbocycles. The van der Waals surface area contributed by atoms with E-state index < -0.39 is 17.2 Å². The van der Waals surface area contributed by atoms with Crippen molar-refractivity contribution in [3.05, 3.63) is 220 Å². The van der Waals surface area contributed by atoms with Gasteiger partial charge in [-0.2, -0.15) is 30.6 Å². The predicted molar refractivity (Wildman–Crippen MR) is 445 cm³/mol. The van der Waals surface area contributed by atoms with Gasteiger partial charge in [-0.25, -0.2) is 67.7 Å². The maximum atomic E-state index is 14.0. The normalized spacial score (nSPS) is 20.7. The van der Waals surface area contributed by atoms with Crippen LogP contribution in [0.5, 0.6) is 0 Å². The minimum Gasteiger partial charge on any atom is -0.363 e. The number of aromatic amines is 3. The Balaban J connectivity index is 0.000000134. The highest BCUT2D eigenvalue weighted by Gasteiger charge is 2.51. The number of aromatic nitrogens is 21. The van der Waals surface area contributed by atoms with Crippen LogP contribution < -0.4 is 15.5 Å². The number of nitrogens with zero attached hydrogens (tertiary/aromatic N) is 22. The zero-order valence-electron chi connectivity index (χ0n) is 69.6. The molecular formula is C87H103F2N27O4. The fourth-order valence-corrected chi connectivity index (χ4v) is 18.0. The van der Waals surface area contributed by atoms with Crippen molar-refractivity contribution in [2.24, 2.45) is 10.8 Å². The molecule has 3 unspecified atom stereocenters. The molecule has 120 heavy (non-hydrogen) atoms. The number of piperidine rings is 3. The van der Waals surface area contributed by atoms with E-state index in [9.17, 15) is 23.2 Å². The molecule has 4 aliphatic heterocycles. The first-order valence-electron chi connectivity index (χ1n) is 41.7. The lowest BCUT2D eigenvalue weighted by Crippen LogP contribution is -2.58. The first kappa shape index (κ1) is 81.3. The highest BCUT2D eigenvalue weighted by molar-refractivity contribution is 5.87.